The van der Waals surface area contributed by atoms with Crippen molar-refractivity contribution < 1.29 is 0 Å². The molecule has 0 atom stereocenters. The van der Waals surface area contributed by atoms with Crippen LogP contribution in [-0.4, -0.2) is 0 Å². The largest absolute Gasteiger partial charge is 0.0845 e. The molecule has 1 rings (SSSR count). The molecule has 0 N–H and O–H groups in total. The minimum atomic E-state index is 1.16. The molecule has 0 nitrogen and oxygen atoms in total. The summed E-state index contributed by atoms with van der Waals surface area (Å²) in [6, 6.07) is 0. The van der Waals surface area contributed by atoms with Gasteiger partial charge in [-0.25, -0.2) is 0 Å². The number of rotatable bonds is 0. The Morgan fingerprint density at radius 2 is 1.44 bits per heavy atom. The third kappa shape index (κ3) is 2.91. The van der Waals surface area contributed by atoms with Crippen molar-refractivity contribution in [3.63, 3.8) is 0 Å². The fourth-order valence-electron chi connectivity index (χ4n) is 0.734. The lowest BCUT2D eigenvalue weighted by Gasteiger charge is -1.85. The zero-order valence-corrected chi connectivity index (χ0v) is 5.46. The van der Waals surface area contributed by atoms with Crippen LogP contribution in [0.1, 0.15) is 12.8 Å². The molecule has 9 heavy (non-hydrogen) atoms. The van der Waals surface area contributed by atoms with Gasteiger partial charge in [0.05, 0.1) is 0 Å². The molecular weight excluding hydrogens is 108 g/mol. The highest BCUT2D eigenvalue weighted by atomic mass is 13.9. The Balaban J connectivity index is 2.45. The van der Waals surface area contributed by atoms with E-state index in [2.05, 4.69) is 36.8 Å². The summed E-state index contributed by atoms with van der Waals surface area (Å²) in [6.45, 7) is 0. The first-order valence-electron chi connectivity index (χ1n) is 3.32. The molecule has 0 unspecified atom stereocenters. The van der Waals surface area contributed by atoms with E-state index in [4.69, 9.17) is 0 Å². The molecule has 1 radical (unpaired) electrons. The van der Waals surface area contributed by atoms with E-state index in [1.807, 2.05) is 6.08 Å². The lowest BCUT2D eigenvalue weighted by Crippen LogP contribution is -1.67. The summed E-state index contributed by atoms with van der Waals surface area (Å²) in [5.74, 6) is 0. The summed E-state index contributed by atoms with van der Waals surface area (Å²) < 4.78 is 0. The Hall–Kier alpha value is -0.780. The van der Waals surface area contributed by atoms with Crippen LogP contribution in [0, 0.1) is 6.42 Å². The molecule has 0 aromatic carbocycles. The number of allylic oxidation sites excluding steroid dienone is 6. The van der Waals surface area contributed by atoms with Crippen LogP contribution < -0.4 is 0 Å². The van der Waals surface area contributed by atoms with Gasteiger partial charge in [0, 0.05) is 0 Å². The monoisotopic (exact) mass is 119 g/mol. The molecule has 0 aliphatic heterocycles. The van der Waals surface area contributed by atoms with Crippen molar-refractivity contribution in [2.24, 2.45) is 0 Å². The van der Waals surface area contributed by atoms with Crippen molar-refractivity contribution in [2.75, 3.05) is 0 Å². The van der Waals surface area contributed by atoms with E-state index < -0.39 is 0 Å². The summed E-state index contributed by atoms with van der Waals surface area (Å²) in [5.41, 5.74) is 0. The zero-order chi connectivity index (χ0) is 6.36. The second-order valence-electron chi connectivity index (χ2n) is 2.01. The van der Waals surface area contributed by atoms with Crippen LogP contribution in [0.4, 0.5) is 0 Å². The molecule has 0 aromatic heterocycles. The highest BCUT2D eigenvalue weighted by Gasteiger charge is 1.80. The molecule has 0 heteroatoms. The zero-order valence-electron chi connectivity index (χ0n) is 5.46. The Bertz CT molecular complexity index is 122. The second kappa shape index (κ2) is 4.13. The standard InChI is InChI=1S/C9H11/c1-2-4-6-8-9-7-5-3-1/h1-7H,8-9H2. The van der Waals surface area contributed by atoms with E-state index in [0.717, 1.165) is 12.8 Å². The molecule has 47 valence electrons. The maximum absolute atomic E-state index is 2.18. The first-order valence-corrected chi connectivity index (χ1v) is 3.32. The fourth-order valence-corrected chi connectivity index (χ4v) is 0.734. The Morgan fingerprint density at radius 3 is 2.44 bits per heavy atom. The smallest absolute Gasteiger partial charge is 0.0164 e. The summed E-state index contributed by atoms with van der Waals surface area (Å²) in [4.78, 5) is 0. The summed E-state index contributed by atoms with van der Waals surface area (Å²) in [5, 5.41) is 0. The molecule has 0 aromatic rings. The molecule has 0 saturated carbocycles. The van der Waals surface area contributed by atoms with Gasteiger partial charge in [0.15, 0.2) is 0 Å². The van der Waals surface area contributed by atoms with Crippen molar-refractivity contribution in [3.8, 4) is 0 Å². The van der Waals surface area contributed by atoms with Crippen molar-refractivity contribution in [1.29, 1.82) is 0 Å². The Kier molecular flexibility index (Phi) is 2.91. The van der Waals surface area contributed by atoms with Gasteiger partial charge < -0.3 is 0 Å². The summed E-state index contributed by atoms with van der Waals surface area (Å²) in [6.07, 6.45) is 17.0. The van der Waals surface area contributed by atoms with E-state index in [0.29, 0.717) is 0 Å². The predicted octanol–water partition coefficient (Wildman–Crippen LogP) is 2.65. The quantitative estimate of drug-likeness (QED) is 0.460. The fraction of sp³-hybridized carbons (Fsp3) is 0.222. The van der Waals surface area contributed by atoms with Gasteiger partial charge in [-0.15, -0.1) is 0 Å². The van der Waals surface area contributed by atoms with Crippen LogP contribution in [0.5, 0.6) is 0 Å². The Morgan fingerprint density at radius 1 is 0.667 bits per heavy atom. The van der Waals surface area contributed by atoms with Gasteiger partial charge in [-0.1, -0.05) is 36.5 Å². The third-order valence-electron chi connectivity index (χ3n) is 1.22. The molecule has 0 heterocycles. The first kappa shape index (κ1) is 6.34. The molecule has 0 saturated heterocycles. The summed E-state index contributed by atoms with van der Waals surface area (Å²) >= 11 is 0. The SMILES string of the molecule is [CH]1C=CC=CC=CCC1. The van der Waals surface area contributed by atoms with Crippen LogP contribution in [0.25, 0.3) is 0 Å². The van der Waals surface area contributed by atoms with Gasteiger partial charge in [-0.05, 0) is 19.3 Å². The van der Waals surface area contributed by atoms with Gasteiger partial charge in [0.25, 0.3) is 0 Å². The maximum atomic E-state index is 2.18. The first-order chi connectivity index (χ1) is 4.50. The van der Waals surface area contributed by atoms with E-state index >= 15 is 0 Å². The van der Waals surface area contributed by atoms with Crippen LogP contribution in [-0.2, 0) is 0 Å². The van der Waals surface area contributed by atoms with E-state index in [-0.39, 0.29) is 0 Å². The third-order valence-corrected chi connectivity index (χ3v) is 1.22. The molecule has 0 amide bonds. The molecule has 1 aliphatic carbocycles. The number of hydrogen-bond acceptors (Lipinski definition) is 0. The van der Waals surface area contributed by atoms with Crippen LogP contribution in [0.2, 0.25) is 0 Å². The highest BCUT2D eigenvalue weighted by molar-refractivity contribution is 5.15. The van der Waals surface area contributed by atoms with Crippen LogP contribution >= 0.6 is 0 Å². The van der Waals surface area contributed by atoms with Gasteiger partial charge in [0.1, 0.15) is 0 Å². The van der Waals surface area contributed by atoms with Gasteiger partial charge in [-0.2, -0.15) is 0 Å². The lowest BCUT2D eigenvalue weighted by atomic mass is 10.2. The average molecular weight is 119 g/mol. The maximum Gasteiger partial charge on any atom is -0.0164 e. The second-order valence-corrected chi connectivity index (χ2v) is 2.01. The van der Waals surface area contributed by atoms with E-state index in [9.17, 15) is 0 Å². The molecular formula is C9H11. The van der Waals surface area contributed by atoms with Crippen LogP contribution in [0.15, 0.2) is 36.5 Å². The minimum Gasteiger partial charge on any atom is -0.0845 e. The number of hydrogen-bond donors (Lipinski definition) is 0. The molecule has 0 bridgehead atoms. The average Bonchev–Trinajstić information content (AvgIpc) is 2.00. The topological polar surface area (TPSA) is 0 Å². The van der Waals surface area contributed by atoms with E-state index in [1.54, 1.807) is 0 Å². The summed E-state index contributed by atoms with van der Waals surface area (Å²) in [7, 11) is 0. The van der Waals surface area contributed by atoms with Crippen molar-refractivity contribution >= 4 is 0 Å². The minimum absolute atomic E-state index is 1.16. The van der Waals surface area contributed by atoms with Gasteiger partial charge in [-0.3, -0.25) is 0 Å². The van der Waals surface area contributed by atoms with Crippen molar-refractivity contribution in [1.82, 2.24) is 0 Å². The predicted molar refractivity (Wildman–Crippen MR) is 41.0 cm³/mol. The molecule has 0 fully saturated rings. The molecule has 0 spiro atoms. The van der Waals surface area contributed by atoms with E-state index in [1.165, 1.54) is 0 Å². The lowest BCUT2D eigenvalue weighted by molar-refractivity contribution is 1.00. The normalized spacial score (nSPS) is 18.7. The Labute approximate surface area is 56.6 Å². The van der Waals surface area contributed by atoms with Gasteiger partial charge in [0.2, 0.25) is 0 Å². The van der Waals surface area contributed by atoms with Crippen LogP contribution in [0.3, 0.4) is 0 Å². The van der Waals surface area contributed by atoms with Crippen molar-refractivity contribution in [2.45, 2.75) is 12.8 Å². The van der Waals surface area contributed by atoms with Gasteiger partial charge >= 0.3 is 0 Å². The molecule has 1 aliphatic rings. The highest BCUT2D eigenvalue weighted by Crippen LogP contribution is 1.99. The van der Waals surface area contributed by atoms with Crippen molar-refractivity contribution in [3.05, 3.63) is 42.9 Å².